The maximum Gasteiger partial charge on any atom is 0.416 e. The summed E-state index contributed by atoms with van der Waals surface area (Å²) in [5.74, 6) is -0.561. The SMILES string of the molecule is CN(C(=O)C1CC1c1ccccc1C(F)(F)F)C1CCCCCC1. The highest BCUT2D eigenvalue weighted by Crippen LogP contribution is 2.51. The molecule has 2 saturated carbocycles. The van der Waals surface area contributed by atoms with Gasteiger partial charge in [-0.25, -0.2) is 0 Å². The molecule has 0 bridgehead atoms. The van der Waals surface area contributed by atoms with E-state index in [0.717, 1.165) is 31.7 Å². The van der Waals surface area contributed by atoms with E-state index in [1.165, 1.54) is 25.0 Å². The van der Waals surface area contributed by atoms with E-state index in [0.29, 0.717) is 6.42 Å². The van der Waals surface area contributed by atoms with Crippen molar-refractivity contribution in [1.82, 2.24) is 4.90 Å². The largest absolute Gasteiger partial charge is 0.416 e. The summed E-state index contributed by atoms with van der Waals surface area (Å²) >= 11 is 0. The fraction of sp³-hybridized carbons (Fsp3) is 0.632. The highest BCUT2D eigenvalue weighted by atomic mass is 19.4. The van der Waals surface area contributed by atoms with Gasteiger partial charge in [0.1, 0.15) is 0 Å². The Labute approximate surface area is 141 Å². The van der Waals surface area contributed by atoms with Crippen LogP contribution in [-0.2, 0) is 11.0 Å². The monoisotopic (exact) mass is 339 g/mol. The van der Waals surface area contributed by atoms with Crippen molar-refractivity contribution in [3.63, 3.8) is 0 Å². The first-order valence-corrected chi connectivity index (χ1v) is 8.82. The molecular weight excluding hydrogens is 315 g/mol. The molecule has 132 valence electrons. The first-order chi connectivity index (χ1) is 11.4. The van der Waals surface area contributed by atoms with Gasteiger partial charge in [-0.15, -0.1) is 0 Å². The zero-order chi connectivity index (χ0) is 17.3. The molecule has 0 saturated heterocycles. The third-order valence-corrected chi connectivity index (χ3v) is 5.49. The third-order valence-electron chi connectivity index (χ3n) is 5.49. The van der Waals surface area contributed by atoms with Crippen LogP contribution in [0.25, 0.3) is 0 Å². The topological polar surface area (TPSA) is 20.3 Å². The second-order valence-electron chi connectivity index (χ2n) is 7.13. The summed E-state index contributed by atoms with van der Waals surface area (Å²) in [5, 5.41) is 0. The average molecular weight is 339 g/mol. The minimum atomic E-state index is -4.36. The second-order valence-corrected chi connectivity index (χ2v) is 7.13. The number of alkyl halides is 3. The lowest BCUT2D eigenvalue weighted by Gasteiger charge is -2.27. The molecule has 24 heavy (non-hydrogen) atoms. The molecule has 0 aliphatic heterocycles. The number of hydrogen-bond donors (Lipinski definition) is 0. The zero-order valence-corrected chi connectivity index (χ0v) is 14.0. The molecule has 3 rings (SSSR count). The predicted molar refractivity (Wildman–Crippen MR) is 86.6 cm³/mol. The van der Waals surface area contributed by atoms with Gasteiger partial charge >= 0.3 is 6.18 Å². The van der Waals surface area contributed by atoms with Crippen LogP contribution in [0.1, 0.15) is 62.0 Å². The van der Waals surface area contributed by atoms with Crippen molar-refractivity contribution in [3.8, 4) is 0 Å². The molecule has 2 fully saturated rings. The van der Waals surface area contributed by atoms with Crippen molar-refractivity contribution in [2.24, 2.45) is 5.92 Å². The summed E-state index contributed by atoms with van der Waals surface area (Å²) in [5.41, 5.74) is -0.319. The van der Waals surface area contributed by atoms with Gasteiger partial charge in [0, 0.05) is 19.0 Å². The summed E-state index contributed by atoms with van der Waals surface area (Å²) in [4.78, 5) is 14.5. The molecule has 2 aliphatic rings. The molecule has 2 nitrogen and oxygen atoms in total. The summed E-state index contributed by atoms with van der Waals surface area (Å²) in [7, 11) is 1.82. The van der Waals surface area contributed by atoms with Crippen LogP contribution in [0, 0.1) is 5.92 Å². The molecule has 5 heteroatoms. The van der Waals surface area contributed by atoms with Gasteiger partial charge in [0.2, 0.25) is 5.91 Å². The number of benzene rings is 1. The van der Waals surface area contributed by atoms with E-state index in [4.69, 9.17) is 0 Å². The van der Waals surface area contributed by atoms with Crippen LogP contribution in [0.5, 0.6) is 0 Å². The minimum Gasteiger partial charge on any atom is -0.343 e. The van der Waals surface area contributed by atoms with Crippen LogP contribution in [0.2, 0.25) is 0 Å². The third kappa shape index (κ3) is 3.60. The Kier molecular flexibility index (Phi) is 4.88. The number of amides is 1. The molecule has 0 spiro atoms. The standard InChI is InChI=1S/C19H24F3NO/c1-23(13-8-4-2-3-5-9-13)18(24)16-12-15(16)14-10-6-7-11-17(14)19(20,21)22/h6-7,10-11,13,15-16H,2-5,8-9,12H2,1H3. The van der Waals surface area contributed by atoms with Gasteiger partial charge in [-0.2, -0.15) is 13.2 Å². The fourth-order valence-electron chi connectivity index (χ4n) is 3.98. The van der Waals surface area contributed by atoms with E-state index in [-0.39, 0.29) is 29.3 Å². The van der Waals surface area contributed by atoms with E-state index in [2.05, 4.69) is 0 Å². The molecule has 0 radical (unpaired) electrons. The van der Waals surface area contributed by atoms with Gasteiger partial charge in [0.05, 0.1) is 5.56 Å². The van der Waals surface area contributed by atoms with Crippen molar-refractivity contribution in [1.29, 1.82) is 0 Å². The molecule has 1 aromatic rings. The average Bonchev–Trinajstić information content (AvgIpc) is 3.36. The van der Waals surface area contributed by atoms with Crippen molar-refractivity contribution in [2.75, 3.05) is 7.05 Å². The van der Waals surface area contributed by atoms with Gasteiger partial charge in [-0.1, -0.05) is 43.9 Å². The molecule has 2 aliphatic carbocycles. The molecule has 2 unspecified atom stereocenters. The van der Waals surface area contributed by atoms with Gasteiger partial charge in [-0.3, -0.25) is 4.79 Å². The number of hydrogen-bond acceptors (Lipinski definition) is 1. The van der Waals surface area contributed by atoms with Gasteiger partial charge in [-0.05, 0) is 36.8 Å². The Morgan fingerprint density at radius 1 is 1.08 bits per heavy atom. The number of halogens is 3. The first-order valence-electron chi connectivity index (χ1n) is 8.82. The van der Waals surface area contributed by atoms with Crippen LogP contribution in [0.4, 0.5) is 13.2 Å². The first kappa shape index (κ1) is 17.3. The Hall–Kier alpha value is -1.52. The lowest BCUT2D eigenvalue weighted by atomic mass is 10.0. The molecule has 0 N–H and O–H groups in total. The molecule has 1 aromatic carbocycles. The lowest BCUT2D eigenvalue weighted by molar-refractivity contribution is -0.139. The van der Waals surface area contributed by atoms with Gasteiger partial charge in [0.25, 0.3) is 0 Å². The molecule has 0 aromatic heterocycles. The summed E-state index contributed by atoms with van der Waals surface area (Å²) in [6.07, 6.45) is 2.88. The zero-order valence-electron chi connectivity index (χ0n) is 14.0. The fourth-order valence-corrected chi connectivity index (χ4v) is 3.98. The Bertz CT molecular complexity index is 591. The van der Waals surface area contributed by atoms with Crippen LogP contribution in [0.15, 0.2) is 24.3 Å². The lowest BCUT2D eigenvalue weighted by Crippen LogP contribution is -2.38. The Morgan fingerprint density at radius 3 is 2.33 bits per heavy atom. The van der Waals surface area contributed by atoms with E-state index in [1.807, 2.05) is 11.9 Å². The maximum atomic E-state index is 13.2. The smallest absolute Gasteiger partial charge is 0.343 e. The molecule has 0 heterocycles. The summed E-state index contributed by atoms with van der Waals surface area (Å²) in [6, 6.07) is 5.92. The predicted octanol–water partition coefficient (Wildman–Crippen LogP) is 4.99. The maximum absolute atomic E-state index is 13.2. The highest BCUT2D eigenvalue weighted by Gasteiger charge is 2.49. The number of nitrogens with zero attached hydrogens (tertiary/aromatic N) is 1. The van der Waals surface area contributed by atoms with Crippen molar-refractivity contribution < 1.29 is 18.0 Å². The minimum absolute atomic E-state index is 0.0175. The number of rotatable bonds is 3. The van der Waals surface area contributed by atoms with E-state index in [1.54, 1.807) is 6.07 Å². The number of carbonyl (C=O) groups excluding carboxylic acids is 1. The molecule has 1 amide bonds. The molecule has 2 atom stereocenters. The second kappa shape index (κ2) is 6.77. The van der Waals surface area contributed by atoms with Crippen LogP contribution in [0.3, 0.4) is 0 Å². The van der Waals surface area contributed by atoms with Crippen LogP contribution < -0.4 is 0 Å². The summed E-state index contributed by atoms with van der Waals surface area (Å²) in [6.45, 7) is 0. The normalized spacial score (nSPS) is 25.2. The Morgan fingerprint density at radius 2 is 1.71 bits per heavy atom. The highest BCUT2D eigenvalue weighted by molar-refractivity contribution is 5.83. The Balaban J connectivity index is 1.70. The quantitative estimate of drug-likeness (QED) is 0.711. The molecular formula is C19H24F3NO. The number of carbonyl (C=O) groups is 1. The van der Waals surface area contributed by atoms with Crippen molar-refractivity contribution in [3.05, 3.63) is 35.4 Å². The van der Waals surface area contributed by atoms with Crippen molar-refractivity contribution >= 4 is 5.91 Å². The van der Waals surface area contributed by atoms with E-state index in [9.17, 15) is 18.0 Å². The summed E-state index contributed by atoms with van der Waals surface area (Å²) < 4.78 is 39.5. The van der Waals surface area contributed by atoms with Gasteiger partial charge in [0.15, 0.2) is 0 Å². The van der Waals surface area contributed by atoms with Crippen molar-refractivity contribution in [2.45, 2.75) is 63.1 Å². The van der Waals surface area contributed by atoms with E-state index >= 15 is 0 Å². The van der Waals surface area contributed by atoms with Crippen LogP contribution >= 0.6 is 0 Å². The van der Waals surface area contributed by atoms with E-state index < -0.39 is 11.7 Å². The van der Waals surface area contributed by atoms with Gasteiger partial charge < -0.3 is 4.90 Å². The van der Waals surface area contributed by atoms with Crippen LogP contribution in [-0.4, -0.2) is 23.9 Å².